The third-order valence-electron chi connectivity index (χ3n) is 13.4. The molecule has 4 aliphatic rings. The first-order valence-corrected chi connectivity index (χ1v) is 24.0. The van der Waals surface area contributed by atoms with E-state index in [1.54, 1.807) is 33.4 Å². The Kier molecular flexibility index (Phi) is 11.6. The maximum Gasteiger partial charge on any atom is -1.00 e. The molecule has 4 aromatic carbocycles. The summed E-state index contributed by atoms with van der Waals surface area (Å²) in [6, 6.07) is 33.9. The maximum atomic E-state index is 2.72. The van der Waals surface area contributed by atoms with Crippen molar-refractivity contribution < 1.29 is 41.4 Å². The van der Waals surface area contributed by atoms with Gasteiger partial charge in [-0.05, 0) is 0 Å². The van der Waals surface area contributed by atoms with Gasteiger partial charge in [0.1, 0.15) is 0 Å². The number of halogens is 2. The van der Waals surface area contributed by atoms with Gasteiger partial charge in [0, 0.05) is 0 Å². The van der Waals surface area contributed by atoms with Crippen LogP contribution in [0.25, 0.3) is 34.4 Å². The van der Waals surface area contributed by atoms with Crippen LogP contribution in [0.2, 0.25) is 8.45 Å². The van der Waals surface area contributed by atoms with E-state index in [0.29, 0.717) is 8.45 Å². The zero-order valence-electron chi connectivity index (χ0n) is 33.5. The summed E-state index contributed by atoms with van der Waals surface area (Å²) in [6.07, 6.45) is 16.2. The number of benzene rings is 4. The fourth-order valence-corrected chi connectivity index (χ4v) is 25.3. The summed E-state index contributed by atoms with van der Waals surface area (Å²) in [5, 5.41) is 0. The molecular weight excluding hydrogens is 719 g/mol. The summed E-state index contributed by atoms with van der Waals surface area (Å²) in [7, 11) is 0. The van der Waals surface area contributed by atoms with Crippen molar-refractivity contribution in [3.05, 3.63) is 129 Å². The fraction of sp³-hybridized carbons (Fsp3) is 0.440. The molecule has 0 aromatic heterocycles. The van der Waals surface area contributed by atoms with E-state index >= 15 is 0 Å². The standard InChI is InChI=1S/2C22H25.C6H10.2ClH.Ti/c2*1-5-7-16-14-18-8-6-9-20(21(18)15-16)17-10-12-19(13-11-17)22(2,3)4;1-2-4-6-5-3-1;;;/h2*6,8-15H,5,7H2,1-4H3;1-2H,3-6H2;2*1H;/q;;;;;+2/p-2. The van der Waals surface area contributed by atoms with Crippen molar-refractivity contribution in [3.63, 3.8) is 0 Å². The van der Waals surface area contributed by atoms with Crippen LogP contribution in [-0.2, 0) is 27.4 Å². The van der Waals surface area contributed by atoms with Crippen LogP contribution >= 0.6 is 0 Å². The maximum absolute atomic E-state index is 2.72. The second-order valence-corrected chi connectivity index (χ2v) is 25.8. The van der Waals surface area contributed by atoms with Crippen molar-refractivity contribution in [1.82, 2.24) is 0 Å². The van der Waals surface area contributed by atoms with Crippen LogP contribution in [0.3, 0.4) is 0 Å². The molecule has 1 heterocycles. The van der Waals surface area contributed by atoms with Crippen LogP contribution in [0.1, 0.15) is 149 Å². The Morgan fingerprint density at radius 1 is 0.528 bits per heavy atom. The Morgan fingerprint density at radius 2 is 0.906 bits per heavy atom. The van der Waals surface area contributed by atoms with Gasteiger partial charge in [-0.1, -0.05) is 0 Å². The van der Waals surface area contributed by atoms with Crippen molar-refractivity contribution in [2.24, 2.45) is 0 Å². The molecule has 278 valence electrons. The molecule has 0 radical (unpaired) electrons. The number of hydrogen-bond donors (Lipinski definition) is 0. The van der Waals surface area contributed by atoms with E-state index in [9.17, 15) is 0 Å². The molecule has 0 amide bonds. The Balaban J connectivity index is 0.00000240. The van der Waals surface area contributed by atoms with E-state index in [-0.39, 0.29) is 35.6 Å². The molecule has 1 saturated carbocycles. The Morgan fingerprint density at radius 3 is 1.25 bits per heavy atom. The smallest absolute Gasteiger partial charge is 1.00 e. The van der Waals surface area contributed by atoms with Crippen molar-refractivity contribution in [3.8, 4) is 22.3 Å². The molecule has 0 N–H and O–H groups in total. The summed E-state index contributed by atoms with van der Waals surface area (Å²) in [5.41, 5.74) is 18.9. The van der Waals surface area contributed by atoms with E-state index in [4.69, 9.17) is 0 Å². The fourth-order valence-electron chi connectivity index (χ4n) is 11.2. The van der Waals surface area contributed by atoms with Crippen LogP contribution in [0.15, 0.2) is 96.1 Å². The summed E-state index contributed by atoms with van der Waals surface area (Å²) < 4.78 is 3.31. The van der Waals surface area contributed by atoms with Crippen LogP contribution in [-0.4, -0.2) is 0 Å². The molecule has 1 aliphatic heterocycles. The SMILES string of the molecule is CCCC1=Cc2c(-c3ccc(C(C)(C)C)cc3)cccc2[CH]1[Ti+2]1([CH]2C(CCC)=Cc3c(-c4ccc(C(C)(C)C)cc4)cccc32)[CH]2CCCC[CH]21.[Cl-].[Cl-]. The third-order valence-corrected chi connectivity index (χ3v) is 24.3. The summed E-state index contributed by atoms with van der Waals surface area (Å²) in [4.78, 5) is 0. The molecule has 1 saturated heterocycles. The molecule has 3 aliphatic carbocycles. The van der Waals surface area contributed by atoms with Gasteiger partial charge in [0.2, 0.25) is 0 Å². The predicted molar refractivity (Wildman–Crippen MR) is 218 cm³/mol. The molecular formula is C50H60Cl2Ti. The van der Waals surface area contributed by atoms with Gasteiger partial charge in [-0.15, -0.1) is 0 Å². The average Bonchev–Trinajstić information content (AvgIpc) is 3.38. The second kappa shape index (κ2) is 15.3. The van der Waals surface area contributed by atoms with Gasteiger partial charge >= 0.3 is 315 Å². The van der Waals surface area contributed by atoms with E-state index in [2.05, 4.69) is 152 Å². The van der Waals surface area contributed by atoms with Crippen LogP contribution < -0.4 is 24.8 Å². The third kappa shape index (κ3) is 6.81. The molecule has 0 nitrogen and oxygen atoms in total. The Hall–Kier alpha value is -2.35. The quantitative estimate of drug-likeness (QED) is 0.157. The second-order valence-electron chi connectivity index (χ2n) is 18.6. The summed E-state index contributed by atoms with van der Waals surface area (Å²) >= 11 is -2.70. The van der Waals surface area contributed by atoms with Gasteiger partial charge in [0.05, 0.1) is 0 Å². The molecule has 2 fully saturated rings. The monoisotopic (exact) mass is 778 g/mol. The number of allylic oxidation sites excluding steroid dienone is 2. The van der Waals surface area contributed by atoms with Crippen LogP contribution in [0.5, 0.6) is 0 Å². The first-order chi connectivity index (χ1) is 24.5. The van der Waals surface area contributed by atoms with Gasteiger partial charge in [-0.3, -0.25) is 0 Å². The van der Waals surface area contributed by atoms with Crippen molar-refractivity contribution in [2.75, 3.05) is 0 Å². The topological polar surface area (TPSA) is 0 Å². The predicted octanol–water partition coefficient (Wildman–Crippen LogP) is 9.12. The van der Waals surface area contributed by atoms with Gasteiger partial charge < -0.3 is 24.8 Å². The van der Waals surface area contributed by atoms with Crippen LogP contribution in [0, 0.1) is 0 Å². The Bertz CT molecular complexity index is 1850. The Labute approximate surface area is 337 Å². The van der Waals surface area contributed by atoms with Gasteiger partial charge in [0.25, 0.3) is 0 Å². The minimum Gasteiger partial charge on any atom is -1.00 e. The zero-order valence-corrected chi connectivity index (χ0v) is 36.5. The van der Waals surface area contributed by atoms with E-state index in [0.717, 1.165) is 8.45 Å². The molecule has 4 atom stereocenters. The van der Waals surface area contributed by atoms with E-state index in [1.807, 2.05) is 0 Å². The molecule has 8 rings (SSSR count). The molecule has 3 heteroatoms. The van der Waals surface area contributed by atoms with Gasteiger partial charge in [0.15, 0.2) is 0 Å². The van der Waals surface area contributed by atoms with Crippen LogP contribution in [0.4, 0.5) is 0 Å². The van der Waals surface area contributed by atoms with E-state index < -0.39 is 16.6 Å². The molecule has 4 unspecified atom stereocenters. The zero-order chi connectivity index (χ0) is 35.7. The largest absolute Gasteiger partial charge is 1.00 e. The minimum atomic E-state index is -2.70. The number of hydrogen-bond acceptors (Lipinski definition) is 0. The first-order valence-electron chi connectivity index (χ1n) is 20.4. The summed E-state index contributed by atoms with van der Waals surface area (Å²) in [5.74, 6) is 0. The first kappa shape index (κ1) is 40.3. The summed E-state index contributed by atoms with van der Waals surface area (Å²) in [6.45, 7) is 18.8. The minimum absolute atomic E-state index is 0. The van der Waals surface area contributed by atoms with Crippen molar-refractivity contribution in [1.29, 1.82) is 0 Å². The molecule has 4 aromatic rings. The number of rotatable bonds is 8. The van der Waals surface area contributed by atoms with Gasteiger partial charge in [-0.25, -0.2) is 0 Å². The molecule has 0 bridgehead atoms. The van der Waals surface area contributed by atoms with Crippen molar-refractivity contribution in [2.45, 2.75) is 134 Å². The van der Waals surface area contributed by atoms with Crippen molar-refractivity contribution >= 4 is 12.2 Å². The molecule has 0 spiro atoms. The molecule has 53 heavy (non-hydrogen) atoms. The van der Waals surface area contributed by atoms with E-state index in [1.165, 1.54) is 84.7 Å². The average molecular weight is 780 g/mol. The normalized spacial score (nSPS) is 23.0. The van der Waals surface area contributed by atoms with Gasteiger partial charge in [-0.2, -0.15) is 0 Å². The number of fused-ring (bicyclic) bond motifs is 3.